The summed E-state index contributed by atoms with van der Waals surface area (Å²) in [5.41, 5.74) is 4.05. The third kappa shape index (κ3) is 4.72. The number of nitrogens with one attached hydrogen (secondary N) is 1. The molecule has 0 saturated heterocycles. The van der Waals surface area contributed by atoms with E-state index in [-0.39, 0.29) is 11.4 Å². The van der Waals surface area contributed by atoms with Crippen molar-refractivity contribution in [1.29, 1.82) is 5.41 Å². The van der Waals surface area contributed by atoms with Crippen molar-refractivity contribution in [3.05, 3.63) is 99.6 Å². The zero-order valence-electron chi connectivity index (χ0n) is 22.3. The molecule has 9 heteroatoms. The van der Waals surface area contributed by atoms with Crippen LogP contribution in [0.4, 0.5) is 0 Å². The third-order valence-electron chi connectivity index (χ3n) is 7.05. The quantitative estimate of drug-likeness (QED) is 0.356. The molecule has 0 aliphatic carbocycles. The van der Waals surface area contributed by atoms with Crippen LogP contribution in [-0.4, -0.2) is 53.0 Å². The van der Waals surface area contributed by atoms with Crippen LogP contribution in [0.5, 0.6) is 17.2 Å². The lowest BCUT2D eigenvalue weighted by atomic mass is 9.98. The summed E-state index contributed by atoms with van der Waals surface area (Å²) in [6.45, 7) is 2.43. The number of nitrogens with zero attached hydrogens (tertiary/aromatic N) is 3. The molecular weight excluding hydrogens is 496 g/mol. The number of aliphatic hydroxyl groups is 1. The maximum absolute atomic E-state index is 12.8. The lowest BCUT2D eigenvalue weighted by molar-refractivity contribution is 0.106. The highest BCUT2D eigenvalue weighted by atomic mass is 16.5. The van der Waals surface area contributed by atoms with E-state index in [9.17, 15) is 9.90 Å². The first-order valence-corrected chi connectivity index (χ1v) is 12.4. The molecule has 0 spiro atoms. The Morgan fingerprint density at radius 2 is 1.69 bits per heavy atom. The Balaban J connectivity index is 1.53. The van der Waals surface area contributed by atoms with Crippen molar-refractivity contribution < 1.29 is 19.3 Å². The SMILES string of the molecule is COc1ccc(CN2C(=N)C(C)=C(c3cc4ccc(=O)n(Cc5ccccn5)c4cc3OC)C2O)cc1OC. The average Bonchev–Trinajstić information content (AvgIpc) is 3.17. The molecule has 0 amide bonds. The fraction of sp³-hybridized carbons (Fsp3) is 0.233. The van der Waals surface area contributed by atoms with Crippen molar-refractivity contribution in [2.24, 2.45) is 0 Å². The molecule has 200 valence electrons. The minimum absolute atomic E-state index is 0.151. The van der Waals surface area contributed by atoms with Crippen LogP contribution in [0, 0.1) is 5.41 Å². The molecule has 2 aromatic carbocycles. The van der Waals surface area contributed by atoms with Gasteiger partial charge >= 0.3 is 0 Å². The van der Waals surface area contributed by atoms with Crippen LogP contribution in [0.2, 0.25) is 0 Å². The van der Waals surface area contributed by atoms with Gasteiger partial charge in [-0.05, 0) is 59.8 Å². The highest BCUT2D eigenvalue weighted by Crippen LogP contribution is 2.40. The molecule has 4 aromatic rings. The monoisotopic (exact) mass is 526 g/mol. The molecular formula is C30H30N4O5. The van der Waals surface area contributed by atoms with Crippen molar-refractivity contribution in [3.63, 3.8) is 0 Å². The molecule has 5 rings (SSSR count). The molecule has 1 aliphatic heterocycles. The summed E-state index contributed by atoms with van der Waals surface area (Å²) < 4.78 is 18.2. The minimum Gasteiger partial charge on any atom is -0.496 e. The molecule has 1 unspecified atom stereocenters. The van der Waals surface area contributed by atoms with Crippen LogP contribution in [-0.2, 0) is 13.1 Å². The van der Waals surface area contributed by atoms with Gasteiger partial charge in [0.2, 0.25) is 0 Å². The van der Waals surface area contributed by atoms with Gasteiger partial charge in [0, 0.05) is 36.0 Å². The summed E-state index contributed by atoms with van der Waals surface area (Å²) in [5, 5.41) is 21.1. The van der Waals surface area contributed by atoms with Crippen LogP contribution < -0.4 is 19.8 Å². The lowest BCUT2D eigenvalue weighted by Gasteiger charge is -2.25. The molecule has 2 aromatic heterocycles. The smallest absolute Gasteiger partial charge is 0.251 e. The van der Waals surface area contributed by atoms with Crippen LogP contribution in [0.3, 0.4) is 0 Å². The number of benzene rings is 2. The van der Waals surface area contributed by atoms with Gasteiger partial charge in [0.15, 0.2) is 17.7 Å². The number of aliphatic hydroxyl groups excluding tert-OH is 1. The minimum atomic E-state index is -1.07. The van der Waals surface area contributed by atoms with E-state index in [2.05, 4.69) is 4.98 Å². The molecule has 3 heterocycles. The second-order valence-electron chi connectivity index (χ2n) is 9.27. The normalized spacial score (nSPS) is 15.3. The summed E-state index contributed by atoms with van der Waals surface area (Å²) in [4.78, 5) is 18.8. The predicted octanol–water partition coefficient (Wildman–Crippen LogP) is 4.06. The Hall–Kier alpha value is -4.63. The van der Waals surface area contributed by atoms with Gasteiger partial charge in [0.25, 0.3) is 5.56 Å². The van der Waals surface area contributed by atoms with Gasteiger partial charge in [-0.3, -0.25) is 15.2 Å². The van der Waals surface area contributed by atoms with Crippen molar-refractivity contribution >= 4 is 22.3 Å². The summed E-state index contributed by atoms with van der Waals surface area (Å²) in [5.74, 6) is 1.90. The Labute approximate surface area is 226 Å². The summed E-state index contributed by atoms with van der Waals surface area (Å²) in [6.07, 6.45) is 0.625. The van der Waals surface area contributed by atoms with Gasteiger partial charge in [-0.2, -0.15) is 0 Å². The predicted molar refractivity (Wildman–Crippen MR) is 150 cm³/mol. The number of methoxy groups -OCH3 is 3. The Morgan fingerprint density at radius 1 is 0.923 bits per heavy atom. The molecule has 0 bridgehead atoms. The van der Waals surface area contributed by atoms with Crippen molar-refractivity contribution in [3.8, 4) is 17.2 Å². The Bertz CT molecular complexity index is 1640. The summed E-state index contributed by atoms with van der Waals surface area (Å²) in [6, 6.07) is 18.1. The largest absolute Gasteiger partial charge is 0.496 e. The van der Waals surface area contributed by atoms with Crippen LogP contribution in [0.15, 0.2) is 77.2 Å². The first-order valence-electron chi connectivity index (χ1n) is 12.4. The van der Waals surface area contributed by atoms with Gasteiger partial charge in [-0.1, -0.05) is 12.1 Å². The second kappa shape index (κ2) is 10.6. The van der Waals surface area contributed by atoms with E-state index in [0.29, 0.717) is 52.6 Å². The summed E-state index contributed by atoms with van der Waals surface area (Å²) >= 11 is 0. The molecule has 1 aliphatic rings. The number of hydrogen-bond donors (Lipinski definition) is 2. The van der Waals surface area contributed by atoms with E-state index in [1.165, 1.54) is 6.07 Å². The van der Waals surface area contributed by atoms with Gasteiger partial charge in [0.1, 0.15) is 11.6 Å². The highest BCUT2D eigenvalue weighted by Gasteiger charge is 2.35. The fourth-order valence-corrected chi connectivity index (χ4v) is 5.02. The Kier molecular flexibility index (Phi) is 7.08. The van der Waals surface area contributed by atoms with Crippen LogP contribution >= 0.6 is 0 Å². The zero-order valence-corrected chi connectivity index (χ0v) is 22.3. The molecule has 1 atom stereocenters. The number of hydrogen-bond acceptors (Lipinski definition) is 7. The van der Waals surface area contributed by atoms with E-state index in [0.717, 1.165) is 16.6 Å². The summed E-state index contributed by atoms with van der Waals surface area (Å²) in [7, 11) is 4.70. The van der Waals surface area contributed by atoms with Gasteiger partial charge in [-0.25, -0.2) is 0 Å². The topological polar surface area (TPSA) is 110 Å². The number of aromatic nitrogens is 2. The second-order valence-corrected chi connectivity index (χ2v) is 9.27. The number of fused-ring (bicyclic) bond motifs is 1. The molecule has 0 saturated carbocycles. The third-order valence-corrected chi connectivity index (χ3v) is 7.05. The van der Waals surface area contributed by atoms with Crippen molar-refractivity contribution in [2.75, 3.05) is 21.3 Å². The van der Waals surface area contributed by atoms with E-state index in [1.54, 1.807) is 49.1 Å². The first kappa shape index (κ1) is 26.0. The first-order chi connectivity index (χ1) is 18.9. The number of pyridine rings is 2. The standard InChI is InChI=1S/C30H30N4O5/c1-18-28(30(36)34(29(18)31)16-19-8-10-24(37-2)26(13-19)39-4)22-14-20-9-11-27(35)33(23(20)15-25(22)38-3)17-21-7-5-6-12-32-21/h5-15,30-31,36H,16-17H2,1-4H3. The number of ether oxygens (including phenoxy) is 3. The Morgan fingerprint density at radius 3 is 2.38 bits per heavy atom. The van der Waals surface area contributed by atoms with Gasteiger partial charge < -0.3 is 28.8 Å². The maximum atomic E-state index is 12.8. The van der Waals surface area contributed by atoms with E-state index in [4.69, 9.17) is 19.6 Å². The maximum Gasteiger partial charge on any atom is 0.251 e. The molecule has 2 N–H and O–H groups in total. The zero-order chi connectivity index (χ0) is 27.7. The highest BCUT2D eigenvalue weighted by molar-refractivity contribution is 6.09. The van der Waals surface area contributed by atoms with Crippen LogP contribution in [0.25, 0.3) is 16.5 Å². The van der Waals surface area contributed by atoms with Crippen molar-refractivity contribution in [2.45, 2.75) is 26.2 Å². The van der Waals surface area contributed by atoms with E-state index < -0.39 is 6.23 Å². The molecule has 0 fully saturated rings. The van der Waals surface area contributed by atoms with Gasteiger partial charge in [0.05, 0.1) is 39.1 Å². The molecule has 9 nitrogen and oxygen atoms in total. The average molecular weight is 527 g/mol. The lowest BCUT2D eigenvalue weighted by Crippen LogP contribution is -2.34. The molecule has 39 heavy (non-hydrogen) atoms. The molecule has 0 radical (unpaired) electrons. The van der Waals surface area contributed by atoms with Crippen LogP contribution in [0.1, 0.15) is 23.7 Å². The number of rotatable bonds is 8. The van der Waals surface area contributed by atoms with E-state index in [1.807, 2.05) is 49.4 Å². The van der Waals surface area contributed by atoms with E-state index >= 15 is 0 Å². The number of amidine groups is 1. The van der Waals surface area contributed by atoms with Crippen molar-refractivity contribution in [1.82, 2.24) is 14.5 Å². The fourth-order valence-electron chi connectivity index (χ4n) is 5.02. The van der Waals surface area contributed by atoms with Gasteiger partial charge in [-0.15, -0.1) is 0 Å².